The molecule has 0 aromatic heterocycles. The van der Waals surface area contributed by atoms with Crippen LogP contribution in [0.15, 0.2) is 25.3 Å². The van der Waals surface area contributed by atoms with Gasteiger partial charge in [0, 0.05) is 56.2 Å². The maximum absolute atomic E-state index is 11.3. The zero-order valence-corrected chi connectivity index (χ0v) is 23.1. The largest absolute Gasteiger partial charge is 0.461 e. The molecule has 2 aliphatic heterocycles. The van der Waals surface area contributed by atoms with Crippen molar-refractivity contribution in [3.05, 3.63) is 25.3 Å². The number of thioether (sulfide) groups is 6. The monoisotopic (exact) mass is 552 g/mol. The Morgan fingerprint density at radius 3 is 1.66 bits per heavy atom. The molecule has 180 valence electrons. The number of rotatable bonds is 12. The second kappa shape index (κ2) is 14.8. The van der Waals surface area contributed by atoms with E-state index in [9.17, 15) is 9.59 Å². The minimum Gasteiger partial charge on any atom is -0.461 e. The lowest BCUT2D eigenvalue weighted by molar-refractivity contribution is -0.138. The lowest BCUT2D eigenvalue weighted by Gasteiger charge is -2.31. The Kier molecular flexibility index (Phi) is 12.6. The van der Waals surface area contributed by atoms with E-state index in [4.69, 9.17) is 9.47 Å². The standard InChI is InChI=1S/C22H32O4S6/c1-3-19(23)25-9-15-11-29-21(31-15)13-27-17-7-5-6-8-18(17)28-14-22-30-12-16(32-22)10-26-20(24)4-2/h3-4,15-18,21-22H,1-2,5-14H2. The molecule has 4 nitrogen and oxygen atoms in total. The van der Waals surface area contributed by atoms with Gasteiger partial charge in [-0.2, -0.15) is 23.5 Å². The number of hydrogen-bond donors (Lipinski definition) is 0. The average Bonchev–Trinajstić information content (AvgIpc) is 3.48. The molecule has 3 fully saturated rings. The number of carbonyl (C=O) groups excluding carboxylic acids is 2. The first-order chi connectivity index (χ1) is 15.6. The van der Waals surface area contributed by atoms with Crippen LogP contribution in [0.5, 0.6) is 0 Å². The summed E-state index contributed by atoms with van der Waals surface area (Å²) in [7, 11) is 0. The van der Waals surface area contributed by atoms with Crippen molar-refractivity contribution in [3.63, 3.8) is 0 Å². The first kappa shape index (κ1) is 27.1. The fraction of sp³-hybridized carbons (Fsp3) is 0.727. The van der Waals surface area contributed by atoms with Crippen LogP contribution in [0.4, 0.5) is 0 Å². The molecule has 2 saturated heterocycles. The van der Waals surface area contributed by atoms with E-state index in [-0.39, 0.29) is 11.9 Å². The maximum Gasteiger partial charge on any atom is 0.330 e. The summed E-state index contributed by atoms with van der Waals surface area (Å²) in [5, 5.41) is 2.30. The molecular weight excluding hydrogens is 521 g/mol. The highest BCUT2D eigenvalue weighted by molar-refractivity contribution is 8.22. The van der Waals surface area contributed by atoms with E-state index >= 15 is 0 Å². The van der Waals surface area contributed by atoms with E-state index in [0.29, 0.717) is 32.9 Å². The van der Waals surface area contributed by atoms with Crippen molar-refractivity contribution in [2.75, 3.05) is 36.2 Å². The van der Waals surface area contributed by atoms with Gasteiger partial charge in [-0.15, -0.1) is 47.0 Å². The molecule has 0 radical (unpaired) electrons. The molecule has 1 saturated carbocycles. The molecule has 6 unspecified atom stereocenters. The summed E-state index contributed by atoms with van der Waals surface area (Å²) in [6.07, 6.45) is 7.83. The molecule has 3 rings (SSSR count). The first-order valence-corrected chi connectivity index (χ1v) is 17.0. The van der Waals surface area contributed by atoms with Crippen molar-refractivity contribution in [1.29, 1.82) is 0 Å². The van der Waals surface area contributed by atoms with Gasteiger partial charge in [0.15, 0.2) is 0 Å². The maximum atomic E-state index is 11.3. The quantitative estimate of drug-likeness (QED) is 0.227. The summed E-state index contributed by atoms with van der Waals surface area (Å²) >= 11 is 12.3. The Hall–Kier alpha value is 0.520. The van der Waals surface area contributed by atoms with Crippen molar-refractivity contribution in [2.45, 2.75) is 55.8 Å². The Morgan fingerprint density at radius 1 is 0.812 bits per heavy atom. The van der Waals surface area contributed by atoms with Gasteiger partial charge in [-0.25, -0.2) is 9.59 Å². The zero-order valence-electron chi connectivity index (χ0n) is 18.2. The van der Waals surface area contributed by atoms with Crippen LogP contribution in [0.1, 0.15) is 25.7 Å². The smallest absolute Gasteiger partial charge is 0.330 e. The normalized spacial score (nSPS) is 32.4. The fourth-order valence-electron chi connectivity index (χ4n) is 3.68. The molecule has 2 heterocycles. The second-order valence-electron chi connectivity index (χ2n) is 7.74. The number of esters is 2. The van der Waals surface area contributed by atoms with E-state index in [1.165, 1.54) is 49.3 Å². The van der Waals surface area contributed by atoms with Gasteiger partial charge in [-0.05, 0) is 12.8 Å². The van der Waals surface area contributed by atoms with Gasteiger partial charge in [0.05, 0.1) is 9.16 Å². The molecule has 1 aliphatic carbocycles. The van der Waals surface area contributed by atoms with Crippen molar-refractivity contribution in [1.82, 2.24) is 0 Å². The summed E-state index contributed by atoms with van der Waals surface area (Å²) in [5.74, 6) is 3.82. The SMILES string of the molecule is C=CC(=O)OCC1CSC(CSC2CCCCC2SCC2SCC(COC(=O)C=C)S2)S1. The van der Waals surface area contributed by atoms with Gasteiger partial charge in [0.1, 0.15) is 13.2 Å². The Bertz CT molecular complexity index is 594. The molecule has 0 spiro atoms. The molecular formula is C22H32O4S6. The van der Waals surface area contributed by atoms with Crippen LogP contribution in [0.3, 0.4) is 0 Å². The summed E-state index contributed by atoms with van der Waals surface area (Å²) in [6, 6.07) is 0. The summed E-state index contributed by atoms with van der Waals surface area (Å²) in [6.45, 7) is 7.90. The van der Waals surface area contributed by atoms with E-state index in [1.807, 2.05) is 47.0 Å². The number of carbonyl (C=O) groups is 2. The van der Waals surface area contributed by atoms with Crippen molar-refractivity contribution in [3.8, 4) is 0 Å². The van der Waals surface area contributed by atoms with Crippen LogP contribution in [0.2, 0.25) is 0 Å². The predicted molar refractivity (Wildman–Crippen MR) is 149 cm³/mol. The zero-order chi connectivity index (χ0) is 22.8. The second-order valence-corrected chi connectivity index (χ2v) is 16.4. The van der Waals surface area contributed by atoms with Crippen molar-refractivity contribution in [2.24, 2.45) is 0 Å². The van der Waals surface area contributed by atoms with Gasteiger partial charge in [0.2, 0.25) is 0 Å². The molecule has 10 heteroatoms. The Balaban J connectivity index is 1.33. The summed E-state index contributed by atoms with van der Waals surface area (Å²) < 4.78 is 11.6. The molecule has 32 heavy (non-hydrogen) atoms. The molecule has 0 aromatic rings. The minimum atomic E-state index is -0.321. The third kappa shape index (κ3) is 9.29. The van der Waals surface area contributed by atoms with Gasteiger partial charge in [-0.3, -0.25) is 0 Å². The average molecular weight is 553 g/mol. The highest BCUT2D eigenvalue weighted by Crippen LogP contribution is 2.45. The van der Waals surface area contributed by atoms with Crippen molar-refractivity contribution < 1.29 is 19.1 Å². The molecule has 0 amide bonds. The topological polar surface area (TPSA) is 52.6 Å². The van der Waals surface area contributed by atoms with E-state index in [0.717, 1.165) is 22.0 Å². The highest BCUT2D eigenvalue weighted by Gasteiger charge is 2.33. The molecule has 6 atom stereocenters. The Morgan fingerprint density at radius 2 is 1.25 bits per heavy atom. The van der Waals surface area contributed by atoms with Crippen LogP contribution >= 0.6 is 70.6 Å². The van der Waals surface area contributed by atoms with Crippen molar-refractivity contribution >= 4 is 82.5 Å². The van der Waals surface area contributed by atoms with E-state index < -0.39 is 0 Å². The van der Waals surface area contributed by atoms with E-state index in [1.54, 1.807) is 0 Å². The minimum absolute atomic E-state index is 0.321. The van der Waals surface area contributed by atoms with Crippen LogP contribution in [-0.4, -0.2) is 78.3 Å². The lowest BCUT2D eigenvalue weighted by Crippen LogP contribution is -2.26. The Labute approximate surface area is 217 Å². The van der Waals surface area contributed by atoms with E-state index in [2.05, 4.69) is 36.7 Å². The number of ether oxygens (including phenoxy) is 2. The lowest BCUT2D eigenvalue weighted by atomic mass is 10.00. The first-order valence-electron chi connectivity index (χ1n) is 10.9. The van der Waals surface area contributed by atoms with Crippen LogP contribution in [0.25, 0.3) is 0 Å². The van der Waals surface area contributed by atoms with Crippen LogP contribution < -0.4 is 0 Å². The molecule has 0 bridgehead atoms. The van der Waals surface area contributed by atoms with Crippen LogP contribution in [-0.2, 0) is 19.1 Å². The molecule has 0 aromatic carbocycles. The highest BCUT2D eigenvalue weighted by atomic mass is 32.2. The third-order valence-electron chi connectivity index (χ3n) is 5.32. The van der Waals surface area contributed by atoms with Gasteiger partial charge >= 0.3 is 11.9 Å². The van der Waals surface area contributed by atoms with Gasteiger partial charge < -0.3 is 9.47 Å². The summed E-state index contributed by atoms with van der Waals surface area (Å²) in [4.78, 5) is 22.6. The van der Waals surface area contributed by atoms with Crippen LogP contribution in [0, 0.1) is 0 Å². The predicted octanol–water partition coefficient (Wildman–Crippen LogP) is 5.57. The fourth-order valence-corrected chi connectivity index (χ4v) is 14.0. The summed E-state index contributed by atoms with van der Waals surface area (Å²) in [5.41, 5.74) is 0. The van der Waals surface area contributed by atoms with Gasteiger partial charge in [-0.1, -0.05) is 26.0 Å². The molecule has 3 aliphatic rings. The van der Waals surface area contributed by atoms with Gasteiger partial charge in [0.25, 0.3) is 0 Å². The third-order valence-corrected chi connectivity index (χ3v) is 15.9. The molecule has 0 N–H and O–H groups in total. The number of hydrogen-bond acceptors (Lipinski definition) is 10.